The summed E-state index contributed by atoms with van der Waals surface area (Å²) in [4.78, 5) is 15.0. The van der Waals surface area contributed by atoms with Gasteiger partial charge in [-0.1, -0.05) is 12.1 Å². The number of para-hydroxylation sites is 2. The van der Waals surface area contributed by atoms with Gasteiger partial charge in [0.05, 0.1) is 31.7 Å². The van der Waals surface area contributed by atoms with Crippen LogP contribution in [0.15, 0.2) is 48.5 Å². The highest BCUT2D eigenvalue weighted by Crippen LogP contribution is 2.34. The number of carbonyl (C=O) groups is 1. The van der Waals surface area contributed by atoms with Gasteiger partial charge in [0, 0.05) is 24.5 Å². The maximum Gasteiger partial charge on any atom is 0.267 e. The number of nitrogens with one attached hydrogen (secondary N) is 1. The predicted molar refractivity (Wildman–Crippen MR) is 111 cm³/mol. The van der Waals surface area contributed by atoms with Gasteiger partial charge in [-0.25, -0.2) is 8.42 Å². The van der Waals surface area contributed by atoms with Crippen LogP contribution >= 0.6 is 0 Å². The summed E-state index contributed by atoms with van der Waals surface area (Å²) in [5.41, 5.74) is 2.13. The third kappa shape index (κ3) is 4.30. The number of hydrogen-bond acceptors (Lipinski definition) is 6. The summed E-state index contributed by atoms with van der Waals surface area (Å²) < 4.78 is 36.7. The van der Waals surface area contributed by atoms with Gasteiger partial charge in [0.25, 0.3) is 5.91 Å². The molecule has 2 aliphatic rings. The van der Waals surface area contributed by atoms with Crippen LogP contribution < -0.4 is 19.3 Å². The van der Waals surface area contributed by atoms with Gasteiger partial charge in [0.15, 0.2) is 6.10 Å². The maximum atomic E-state index is 12.8. The van der Waals surface area contributed by atoms with Gasteiger partial charge >= 0.3 is 0 Å². The van der Waals surface area contributed by atoms with Crippen molar-refractivity contribution in [3.05, 3.63) is 48.5 Å². The van der Waals surface area contributed by atoms with Crippen LogP contribution in [-0.2, 0) is 19.6 Å². The summed E-state index contributed by atoms with van der Waals surface area (Å²) in [7, 11) is -3.54. The monoisotopic (exact) mass is 417 g/mol. The molecule has 154 valence electrons. The average molecular weight is 417 g/mol. The van der Waals surface area contributed by atoms with Crippen molar-refractivity contribution in [3.63, 3.8) is 0 Å². The first kappa shape index (κ1) is 19.5. The zero-order valence-electron chi connectivity index (χ0n) is 16.1. The second kappa shape index (κ2) is 7.92. The molecular weight excluding hydrogens is 394 g/mol. The van der Waals surface area contributed by atoms with Crippen LogP contribution in [0.1, 0.15) is 0 Å². The summed E-state index contributed by atoms with van der Waals surface area (Å²) in [6.45, 7) is 3.00. The summed E-state index contributed by atoms with van der Waals surface area (Å²) in [5.74, 6) is -0.0285. The molecule has 1 N–H and O–H groups in total. The van der Waals surface area contributed by atoms with Crippen LogP contribution in [0.25, 0.3) is 0 Å². The van der Waals surface area contributed by atoms with E-state index in [0.29, 0.717) is 30.3 Å². The third-order valence-electron chi connectivity index (χ3n) is 4.94. The van der Waals surface area contributed by atoms with E-state index in [1.807, 2.05) is 24.3 Å². The Balaban J connectivity index is 1.47. The largest absolute Gasteiger partial charge is 0.476 e. The van der Waals surface area contributed by atoms with Crippen molar-refractivity contribution >= 4 is 33.0 Å². The second-order valence-electron chi connectivity index (χ2n) is 7.00. The lowest BCUT2D eigenvalue weighted by Crippen LogP contribution is -2.48. The SMILES string of the molecule is CS(=O)(=O)N1C[C@H](C(=O)Nc2ccc(N3CCOCC3)cc2)Oc2ccccc21. The van der Waals surface area contributed by atoms with E-state index in [4.69, 9.17) is 9.47 Å². The Morgan fingerprint density at radius 1 is 1.07 bits per heavy atom. The normalized spacial score (nSPS) is 19.3. The number of hydrogen-bond donors (Lipinski definition) is 1. The van der Waals surface area contributed by atoms with Gasteiger partial charge in [0.1, 0.15) is 5.75 Å². The lowest BCUT2D eigenvalue weighted by atomic mass is 10.2. The number of nitrogens with zero attached hydrogens (tertiary/aromatic N) is 2. The number of anilines is 3. The lowest BCUT2D eigenvalue weighted by Gasteiger charge is -2.33. The van der Waals surface area contributed by atoms with Crippen LogP contribution in [0, 0.1) is 0 Å². The highest BCUT2D eigenvalue weighted by molar-refractivity contribution is 7.92. The minimum absolute atomic E-state index is 0.0759. The van der Waals surface area contributed by atoms with Gasteiger partial charge in [-0.05, 0) is 36.4 Å². The first-order valence-electron chi connectivity index (χ1n) is 9.39. The quantitative estimate of drug-likeness (QED) is 0.815. The average Bonchev–Trinajstić information content (AvgIpc) is 2.73. The van der Waals surface area contributed by atoms with Crippen LogP contribution in [0.3, 0.4) is 0 Å². The van der Waals surface area contributed by atoms with Crippen molar-refractivity contribution in [3.8, 4) is 5.75 Å². The standard InChI is InChI=1S/C20H23N3O5S/c1-29(25,26)23-14-19(28-18-5-3-2-4-17(18)23)20(24)21-15-6-8-16(9-7-15)22-10-12-27-13-11-22/h2-9,19H,10-14H2,1H3,(H,21,24)/t19-/m1/s1. The molecule has 1 amide bonds. The number of ether oxygens (including phenoxy) is 2. The molecule has 2 aliphatic heterocycles. The molecular formula is C20H23N3O5S. The Labute approximate surface area is 170 Å². The van der Waals surface area contributed by atoms with Gasteiger partial charge in [-0.15, -0.1) is 0 Å². The Bertz CT molecular complexity index is 987. The highest BCUT2D eigenvalue weighted by Gasteiger charge is 2.34. The number of sulfonamides is 1. The molecule has 0 aliphatic carbocycles. The number of fused-ring (bicyclic) bond motifs is 1. The summed E-state index contributed by atoms with van der Waals surface area (Å²) in [6, 6.07) is 14.3. The molecule has 0 bridgehead atoms. The van der Waals surface area contributed by atoms with Crippen molar-refractivity contribution in [2.75, 3.05) is 53.6 Å². The highest BCUT2D eigenvalue weighted by atomic mass is 32.2. The van der Waals surface area contributed by atoms with Crippen molar-refractivity contribution in [1.82, 2.24) is 0 Å². The molecule has 8 nitrogen and oxygen atoms in total. The van der Waals surface area contributed by atoms with Crippen LogP contribution in [0.4, 0.5) is 17.1 Å². The first-order chi connectivity index (χ1) is 13.9. The fourth-order valence-electron chi connectivity index (χ4n) is 3.45. The molecule has 2 aromatic rings. The Hall–Kier alpha value is -2.78. The van der Waals surface area contributed by atoms with E-state index in [1.54, 1.807) is 24.3 Å². The van der Waals surface area contributed by atoms with E-state index in [9.17, 15) is 13.2 Å². The van der Waals surface area contributed by atoms with E-state index in [0.717, 1.165) is 25.0 Å². The zero-order valence-corrected chi connectivity index (χ0v) is 16.9. The van der Waals surface area contributed by atoms with E-state index < -0.39 is 22.0 Å². The minimum Gasteiger partial charge on any atom is -0.476 e. The van der Waals surface area contributed by atoms with E-state index in [1.165, 1.54) is 4.31 Å². The van der Waals surface area contributed by atoms with Crippen LogP contribution in [-0.4, -0.2) is 59.5 Å². The molecule has 9 heteroatoms. The number of carbonyl (C=O) groups excluding carboxylic acids is 1. The third-order valence-corrected chi connectivity index (χ3v) is 6.09. The van der Waals surface area contributed by atoms with E-state index in [2.05, 4.69) is 10.2 Å². The molecule has 0 aromatic heterocycles. The molecule has 0 saturated carbocycles. The lowest BCUT2D eigenvalue weighted by molar-refractivity contribution is -0.122. The van der Waals surface area contributed by atoms with Gasteiger partial charge < -0.3 is 19.7 Å². The molecule has 0 radical (unpaired) electrons. The summed E-state index contributed by atoms with van der Waals surface area (Å²) >= 11 is 0. The van der Waals surface area contributed by atoms with Gasteiger partial charge in [-0.3, -0.25) is 9.10 Å². The number of amides is 1. The second-order valence-corrected chi connectivity index (χ2v) is 8.91. The van der Waals surface area contributed by atoms with Gasteiger partial charge in [-0.2, -0.15) is 0 Å². The van der Waals surface area contributed by atoms with E-state index >= 15 is 0 Å². The molecule has 1 atom stereocenters. The molecule has 0 unspecified atom stereocenters. The van der Waals surface area contributed by atoms with E-state index in [-0.39, 0.29) is 6.54 Å². The van der Waals surface area contributed by atoms with Gasteiger partial charge in [0.2, 0.25) is 10.0 Å². The molecule has 2 heterocycles. The molecule has 1 fully saturated rings. The Morgan fingerprint density at radius 2 is 1.76 bits per heavy atom. The van der Waals surface area contributed by atoms with Crippen LogP contribution in [0.2, 0.25) is 0 Å². The first-order valence-corrected chi connectivity index (χ1v) is 11.2. The maximum absolute atomic E-state index is 12.8. The number of benzene rings is 2. The topological polar surface area (TPSA) is 88.2 Å². The fraction of sp³-hybridized carbons (Fsp3) is 0.350. The minimum atomic E-state index is -3.54. The molecule has 1 saturated heterocycles. The predicted octanol–water partition coefficient (Wildman–Crippen LogP) is 1.69. The Morgan fingerprint density at radius 3 is 2.45 bits per heavy atom. The van der Waals surface area contributed by atoms with Crippen molar-refractivity contribution in [2.45, 2.75) is 6.10 Å². The molecule has 0 spiro atoms. The van der Waals surface area contributed by atoms with Crippen molar-refractivity contribution in [2.24, 2.45) is 0 Å². The fourth-order valence-corrected chi connectivity index (χ4v) is 4.37. The molecule has 2 aromatic carbocycles. The summed E-state index contributed by atoms with van der Waals surface area (Å²) in [5, 5.41) is 2.82. The zero-order chi connectivity index (χ0) is 20.4. The number of morpholine rings is 1. The smallest absolute Gasteiger partial charge is 0.267 e. The van der Waals surface area contributed by atoms with Crippen molar-refractivity contribution < 1.29 is 22.7 Å². The molecule has 4 rings (SSSR count). The van der Waals surface area contributed by atoms with Crippen LogP contribution in [0.5, 0.6) is 5.75 Å². The Kier molecular flexibility index (Phi) is 5.33. The van der Waals surface area contributed by atoms with Crippen molar-refractivity contribution in [1.29, 1.82) is 0 Å². The molecule has 29 heavy (non-hydrogen) atoms. The summed E-state index contributed by atoms with van der Waals surface area (Å²) in [6.07, 6.45) is 0.174. The number of rotatable bonds is 4.